The minimum absolute atomic E-state index is 0.155. The lowest BCUT2D eigenvalue weighted by molar-refractivity contribution is 0.490. The van der Waals surface area contributed by atoms with E-state index in [0.717, 1.165) is 29.4 Å². The number of hydrogen-bond acceptors (Lipinski definition) is 5. The summed E-state index contributed by atoms with van der Waals surface area (Å²) in [6, 6.07) is 7.98. The van der Waals surface area contributed by atoms with E-state index in [1.165, 1.54) is 0 Å². The summed E-state index contributed by atoms with van der Waals surface area (Å²) in [5, 5.41) is 13.6. The Morgan fingerprint density at radius 3 is 2.67 bits per heavy atom. The van der Waals surface area contributed by atoms with Crippen molar-refractivity contribution in [2.45, 2.75) is 25.8 Å². The first-order valence-electron chi connectivity index (χ1n) is 5.95. The average molecular weight is 262 g/mol. The second-order valence-corrected chi connectivity index (χ2v) is 5.89. The fourth-order valence-corrected chi connectivity index (χ4v) is 2.19. The number of nitrogens with zero attached hydrogens (tertiary/aromatic N) is 2. The lowest BCUT2D eigenvalue weighted by atomic mass is 10.0. The van der Waals surface area contributed by atoms with Crippen LogP contribution in [-0.4, -0.2) is 22.3 Å². The van der Waals surface area contributed by atoms with Gasteiger partial charge in [-0.3, -0.25) is 0 Å². The van der Waals surface area contributed by atoms with Gasteiger partial charge >= 0.3 is 0 Å². The zero-order valence-electron chi connectivity index (χ0n) is 10.7. The van der Waals surface area contributed by atoms with Crippen molar-refractivity contribution in [3.63, 3.8) is 0 Å². The van der Waals surface area contributed by atoms with Crippen molar-refractivity contribution in [1.82, 2.24) is 10.2 Å². The minimum Gasteiger partial charge on any atom is -0.369 e. The van der Waals surface area contributed by atoms with Crippen LogP contribution in [0.5, 0.6) is 0 Å². The molecule has 0 spiro atoms. The Morgan fingerprint density at radius 2 is 2.11 bits per heavy atom. The predicted octanol–water partition coefficient (Wildman–Crippen LogP) is 2.74. The molecular weight excluding hydrogens is 244 g/mol. The van der Waals surface area contributed by atoms with Gasteiger partial charge < -0.3 is 11.1 Å². The lowest BCUT2D eigenvalue weighted by Crippen LogP contribution is -2.34. The van der Waals surface area contributed by atoms with Crippen LogP contribution in [0.4, 0.5) is 5.82 Å². The van der Waals surface area contributed by atoms with E-state index in [-0.39, 0.29) is 5.54 Å². The standard InChI is InChI=1S/C13H18N4S/c1-13(2,14)7-8-15-12-6-5-10(16-17-12)11-4-3-9-18-11/h3-6,9H,7-8,14H2,1-2H3,(H,15,17). The molecule has 2 aromatic heterocycles. The molecule has 2 heterocycles. The molecule has 0 bridgehead atoms. The third-order valence-electron chi connectivity index (χ3n) is 2.51. The SMILES string of the molecule is CC(C)(N)CCNc1ccc(-c2cccs2)nn1. The van der Waals surface area contributed by atoms with E-state index in [0.29, 0.717) is 0 Å². The molecule has 18 heavy (non-hydrogen) atoms. The number of thiophene rings is 1. The number of hydrogen-bond donors (Lipinski definition) is 2. The highest BCUT2D eigenvalue weighted by Gasteiger charge is 2.09. The van der Waals surface area contributed by atoms with Crippen molar-refractivity contribution in [2.75, 3.05) is 11.9 Å². The molecule has 0 saturated heterocycles. The number of anilines is 1. The number of rotatable bonds is 5. The third-order valence-corrected chi connectivity index (χ3v) is 3.41. The molecule has 0 radical (unpaired) electrons. The topological polar surface area (TPSA) is 63.8 Å². The monoisotopic (exact) mass is 262 g/mol. The molecule has 5 heteroatoms. The Kier molecular flexibility index (Phi) is 3.93. The number of aromatic nitrogens is 2. The highest BCUT2D eigenvalue weighted by atomic mass is 32.1. The fourth-order valence-electron chi connectivity index (χ4n) is 1.50. The van der Waals surface area contributed by atoms with Crippen LogP contribution in [0.2, 0.25) is 0 Å². The van der Waals surface area contributed by atoms with E-state index in [1.807, 2.05) is 43.5 Å². The first-order valence-corrected chi connectivity index (χ1v) is 6.83. The predicted molar refractivity (Wildman–Crippen MR) is 76.7 cm³/mol. The van der Waals surface area contributed by atoms with Crippen LogP contribution in [0.3, 0.4) is 0 Å². The molecule has 0 atom stereocenters. The van der Waals surface area contributed by atoms with E-state index in [1.54, 1.807) is 11.3 Å². The maximum absolute atomic E-state index is 5.91. The van der Waals surface area contributed by atoms with Gasteiger partial charge in [0.15, 0.2) is 0 Å². The van der Waals surface area contributed by atoms with Crippen molar-refractivity contribution in [1.29, 1.82) is 0 Å². The van der Waals surface area contributed by atoms with Crippen LogP contribution in [0.15, 0.2) is 29.6 Å². The van der Waals surface area contributed by atoms with Gasteiger partial charge in [0.1, 0.15) is 11.5 Å². The molecule has 0 saturated carbocycles. The zero-order valence-corrected chi connectivity index (χ0v) is 11.5. The van der Waals surface area contributed by atoms with E-state index in [4.69, 9.17) is 5.73 Å². The van der Waals surface area contributed by atoms with Crippen molar-refractivity contribution < 1.29 is 0 Å². The Bertz CT molecular complexity index is 471. The summed E-state index contributed by atoms with van der Waals surface area (Å²) >= 11 is 1.66. The van der Waals surface area contributed by atoms with Gasteiger partial charge in [-0.25, -0.2) is 0 Å². The summed E-state index contributed by atoms with van der Waals surface area (Å²) in [5.74, 6) is 0.791. The molecule has 0 aromatic carbocycles. The molecule has 3 N–H and O–H groups in total. The smallest absolute Gasteiger partial charge is 0.148 e. The minimum atomic E-state index is -0.155. The highest BCUT2D eigenvalue weighted by Crippen LogP contribution is 2.22. The Balaban J connectivity index is 1.92. The van der Waals surface area contributed by atoms with Crippen LogP contribution in [-0.2, 0) is 0 Å². The van der Waals surface area contributed by atoms with Crippen LogP contribution in [0.1, 0.15) is 20.3 Å². The molecule has 0 unspecified atom stereocenters. The fraction of sp³-hybridized carbons (Fsp3) is 0.385. The second kappa shape index (κ2) is 5.46. The van der Waals surface area contributed by atoms with Gasteiger partial charge in [0, 0.05) is 12.1 Å². The molecule has 96 valence electrons. The maximum Gasteiger partial charge on any atom is 0.148 e. The summed E-state index contributed by atoms with van der Waals surface area (Å²) in [5.41, 5.74) is 6.67. The van der Waals surface area contributed by atoms with Crippen LogP contribution in [0.25, 0.3) is 10.6 Å². The van der Waals surface area contributed by atoms with E-state index >= 15 is 0 Å². The van der Waals surface area contributed by atoms with Crippen molar-refractivity contribution in [3.8, 4) is 10.6 Å². The van der Waals surface area contributed by atoms with Gasteiger partial charge in [-0.15, -0.1) is 21.5 Å². The summed E-state index contributed by atoms with van der Waals surface area (Å²) in [6.45, 7) is 4.83. The largest absolute Gasteiger partial charge is 0.369 e. The number of nitrogens with one attached hydrogen (secondary N) is 1. The first-order chi connectivity index (χ1) is 8.54. The molecule has 0 aliphatic rings. The molecular formula is C13H18N4S. The van der Waals surface area contributed by atoms with Crippen LogP contribution < -0.4 is 11.1 Å². The van der Waals surface area contributed by atoms with Gasteiger partial charge in [-0.05, 0) is 43.8 Å². The van der Waals surface area contributed by atoms with Gasteiger partial charge in [-0.1, -0.05) is 6.07 Å². The van der Waals surface area contributed by atoms with Crippen LogP contribution >= 0.6 is 11.3 Å². The molecule has 0 aliphatic carbocycles. The molecule has 0 aliphatic heterocycles. The molecule has 0 fully saturated rings. The lowest BCUT2D eigenvalue weighted by Gasteiger charge is -2.18. The molecule has 4 nitrogen and oxygen atoms in total. The van der Waals surface area contributed by atoms with Crippen molar-refractivity contribution in [2.24, 2.45) is 5.73 Å². The quantitative estimate of drug-likeness (QED) is 0.869. The summed E-state index contributed by atoms with van der Waals surface area (Å²) in [4.78, 5) is 1.14. The second-order valence-electron chi connectivity index (χ2n) is 4.95. The third kappa shape index (κ3) is 3.78. The van der Waals surface area contributed by atoms with Gasteiger partial charge in [0.2, 0.25) is 0 Å². The zero-order chi connectivity index (χ0) is 13.0. The van der Waals surface area contributed by atoms with Crippen LogP contribution in [0, 0.1) is 0 Å². The first kappa shape index (κ1) is 13.0. The van der Waals surface area contributed by atoms with E-state index in [9.17, 15) is 0 Å². The Labute approximate surface area is 111 Å². The molecule has 0 amide bonds. The normalized spacial score (nSPS) is 11.5. The van der Waals surface area contributed by atoms with E-state index in [2.05, 4.69) is 15.5 Å². The summed E-state index contributed by atoms with van der Waals surface area (Å²) in [7, 11) is 0. The summed E-state index contributed by atoms with van der Waals surface area (Å²) in [6.07, 6.45) is 0.890. The molecule has 2 rings (SSSR count). The Morgan fingerprint density at radius 1 is 1.28 bits per heavy atom. The van der Waals surface area contributed by atoms with Crippen molar-refractivity contribution >= 4 is 17.2 Å². The van der Waals surface area contributed by atoms with E-state index < -0.39 is 0 Å². The average Bonchev–Trinajstić information content (AvgIpc) is 2.82. The van der Waals surface area contributed by atoms with Gasteiger partial charge in [0.05, 0.1) is 4.88 Å². The van der Waals surface area contributed by atoms with Gasteiger partial charge in [0.25, 0.3) is 0 Å². The Hall–Kier alpha value is -1.46. The summed E-state index contributed by atoms with van der Waals surface area (Å²) < 4.78 is 0. The number of nitrogens with two attached hydrogens (primary N) is 1. The highest BCUT2D eigenvalue weighted by molar-refractivity contribution is 7.13. The van der Waals surface area contributed by atoms with Gasteiger partial charge in [-0.2, -0.15) is 0 Å². The van der Waals surface area contributed by atoms with Crippen molar-refractivity contribution in [3.05, 3.63) is 29.6 Å². The molecule has 2 aromatic rings. The maximum atomic E-state index is 5.91.